The van der Waals surface area contributed by atoms with Crippen LogP contribution in [0.1, 0.15) is 29.1 Å². The van der Waals surface area contributed by atoms with Crippen molar-refractivity contribution >= 4 is 51.1 Å². The average Bonchev–Trinajstić information content (AvgIpc) is 3.12. The predicted octanol–water partition coefficient (Wildman–Crippen LogP) is 5.48. The fraction of sp³-hybridized carbons (Fsp3) is 0.348. The lowest BCUT2D eigenvalue weighted by molar-refractivity contribution is 0.0385. The van der Waals surface area contributed by atoms with Gasteiger partial charge in [-0.25, -0.2) is 14.8 Å². The SMILES string of the molecule is Cc1cc(-c2ccc(Cl)cc2)nc2sc(C(=O)OC(C)C)c(N=CN3CCOCC3)c12. The van der Waals surface area contributed by atoms with E-state index in [9.17, 15) is 4.79 Å². The number of thiophene rings is 1. The molecule has 0 saturated carbocycles. The zero-order chi connectivity index (χ0) is 22.0. The van der Waals surface area contributed by atoms with Gasteiger partial charge in [0.15, 0.2) is 0 Å². The molecule has 1 saturated heterocycles. The number of benzene rings is 1. The van der Waals surface area contributed by atoms with Gasteiger partial charge in [-0.15, -0.1) is 11.3 Å². The van der Waals surface area contributed by atoms with Crippen LogP contribution in [0.5, 0.6) is 0 Å². The first-order valence-corrected chi connectivity index (χ1v) is 11.4. The number of ether oxygens (including phenoxy) is 2. The molecule has 0 aliphatic carbocycles. The Morgan fingerprint density at radius 3 is 2.68 bits per heavy atom. The van der Waals surface area contributed by atoms with E-state index in [0.29, 0.717) is 28.8 Å². The quantitative estimate of drug-likeness (QED) is 0.288. The standard InChI is InChI=1S/C23H24ClN3O3S/c1-14(2)30-23(28)21-20(25-13-27-8-10-29-11-9-27)19-15(3)12-18(26-22(19)31-21)16-4-6-17(24)7-5-16/h4-7,12-14H,8-11H2,1-3H3. The molecule has 6 nitrogen and oxygen atoms in total. The van der Waals surface area contributed by atoms with Gasteiger partial charge in [0.05, 0.1) is 37.0 Å². The van der Waals surface area contributed by atoms with Crippen LogP contribution in [0, 0.1) is 6.92 Å². The molecule has 3 aromatic rings. The normalized spacial score (nSPS) is 14.7. The summed E-state index contributed by atoms with van der Waals surface area (Å²) in [5.74, 6) is -0.375. The van der Waals surface area contributed by atoms with E-state index in [-0.39, 0.29) is 12.1 Å². The van der Waals surface area contributed by atoms with Crippen LogP contribution in [0.25, 0.3) is 21.5 Å². The molecular formula is C23H24ClN3O3S. The van der Waals surface area contributed by atoms with Gasteiger partial charge >= 0.3 is 5.97 Å². The largest absolute Gasteiger partial charge is 0.459 e. The van der Waals surface area contributed by atoms with Crippen molar-refractivity contribution in [3.05, 3.63) is 45.8 Å². The summed E-state index contributed by atoms with van der Waals surface area (Å²) in [6.45, 7) is 8.58. The second kappa shape index (κ2) is 9.34. The summed E-state index contributed by atoms with van der Waals surface area (Å²) in [6, 6.07) is 9.58. The molecule has 0 radical (unpaired) electrons. The third-order valence-electron chi connectivity index (χ3n) is 4.90. The summed E-state index contributed by atoms with van der Waals surface area (Å²) in [7, 11) is 0. The van der Waals surface area contributed by atoms with Gasteiger partial charge in [-0.3, -0.25) is 0 Å². The average molecular weight is 458 g/mol. The van der Waals surface area contributed by atoms with Gasteiger partial charge < -0.3 is 14.4 Å². The molecule has 0 spiro atoms. The highest BCUT2D eigenvalue weighted by molar-refractivity contribution is 7.21. The molecule has 0 bridgehead atoms. The van der Waals surface area contributed by atoms with Crippen LogP contribution >= 0.6 is 22.9 Å². The third-order valence-corrected chi connectivity index (χ3v) is 6.20. The lowest BCUT2D eigenvalue weighted by Gasteiger charge is -2.24. The molecule has 0 amide bonds. The van der Waals surface area contributed by atoms with E-state index in [1.807, 2.05) is 51.1 Å². The Morgan fingerprint density at radius 2 is 2.00 bits per heavy atom. The van der Waals surface area contributed by atoms with Crippen LogP contribution < -0.4 is 0 Å². The minimum Gasteiger partial charge on any atom is -0.459 e. The van der Waals surface area contributed by atoms with Crippen molar-refractivity contribution < 1.29 is 14.3 Å². The number of carbonyl (C=O) groups is 1. The molecule has 1 aliphatic rings. The summed E-state index contributed by atoms with van der Waals surface area (Å²) in [4.78, 5) is 25.7. The van der Waals surface area contributed by atoms with Crippen molar-refractivity contribution in [3.8, 4) is 11.3 Å². The summed E-state index contributed by atoms with van der Waals surface area (Å²) < 4.78 is 10.9. The van der Waals surface area contributed by atoms with E-state index in [0.717, 1.165) is 40.1 Å². The third kappa shape index (κ3) is 4.89. The van der Waals surface area contributed by atoms with Gasteiger partial charge in [0.25, 0.3) is 0 Å². The summed E-state index contributed by atoms with van der Waals surface area (Å²) in [6.07, 6.45) is 1.58. The van der Waals surface area contributed by atoms with Crippen LogP contribution in [0.4, 0.5) is 5.69 Å². The zero-order valence-electron chi connectivity index (χ0n) is 17.7. The number of hydrogen-bond acceptors (Lipinski definition) is 6. The number of halogens is 1. The van der Waals surface area contributed by atoms with Gasteiger partial charge in [-0.2, -0.15) is 0 Å². The minimum absolute atomic E-state index is 0.215. The number of pyridine rings is 1. The van der Waals surface area contributed by atoms with Gasteiger partial charge in [-0.05, 0) is 44.5 Å². The molecule has 8 heteroatoms. The second-order valence-corrected chi connectivity index (χ2v) is 9.07. The van der Waals surface area contributed by atoms with Gasteiger partial charge in [0, 0.05) is 29.1 Å². The van der Waals surface area contributed by atoms with Crippen LogP contribution in [-0.2, 0) is 9.47 Å². The number of nitrogens with zero attached hydrogens (tertiary/aromatic N) is 3. The number of rotatable bonds is 5. The molecule has 1 aliphatic heterocycles. The Balaban J connectivity index is 1.80. The van der Waals surface area contributed by atoms with Crippen molar-refractivity contribution in [3.63, 3.8) is 0 Å². The first-order valence-electron chi connectivity index (χ1n) is 10.2. The topological polar surface area (TPSA) is 64.0 Å². The number of fused-ring (bicyclic) bond motifs is 1. The maximum atomic E-state index is 12.8. The summed E-state index contributed by atoms with van der Waals surface area (Å²) >= 11 is 7.35. The molecule has 1 fully saturated rings. The summed E-state index contributed by atoms with van der Waals surface area (Å²) in [5.41, 5.74) is 3.41. The molecule has 2 aromatic heterocycles. The molecule has 162 valence electrons. The van der Waals surface area contributed by atoms with E-state index >= 15 is 0 Å². The van der Waals surface area contributed by atoms with Gasteiger partial charge in [0.1, 0.15) is 9.71 Å². The molecule has 1 aromatic carbocycles. The number of morpholine rings is 1. The van der Waals surface area contributed by atoms with Crippen molar-refractivity contribution in [1.29, 1.82) is 0 Å². The Kier molecular flexibility index (Phi) is 6.55. The molecule has 4 rings (SSSR count). The van der Waals surface area contributed by atoms with E-state index in [2.05, 4.69) is 4.90 Å². The van der Waals surface area contributed by atoms with Crippen LogP contribution in [-0.4, -0.2) is 54.6 Å². The Labute approximate surface area is 190 Å². The zero-order valence-corrected chi connectivity index (χ0v) is 19.3. The summed E-state index contributed by atoms with van der Waals surface area (Å²) in [5, 5.41) is 1.55. The highest BCUT2D eigenvalue weighted by Crippen LogP contribution is 2.41. The Morgan fingerprint density at radius 1 is 1.29 bits per heavy atom. The van der Waals surface area contributed by atoms with Crippen molar-refractivity contribution in [1.82, 2.24) is 9.88 Å². The second-order valence-electron chi connectivity index (χ2n) is 7.64. The van der Waals surface area contributed by atoms with Crippen LogP contribution in [0.3, 0.4) is 0 Å². The first-order chi connectivity index (χ1) is 14.9. The highest BCUT2D eigenvalue weighted by atomic mass is 35.5. The predicted molar refractivity (Wildman–Crippen MR) is 126 cm³/mol. The van der Waals surface area contributed by atoms with E-state index in [4.69, 9.17) is 31.1 Å². The first kappa shape index (κ1) is 21.7. The molecule has 3 heterocycles. The van der Waals surface area contributed by atoms with Crippen molar-refractivity contribution in [2.24, 2.45) is 4.99 Å². The van der Waals surface area contributed by atoms with E-state index < -0.39 is 0 Å². The van der Waals surface area contributed by atoms with Crippen LogP contribution in [0.2, 0.25) is 5.02 Å². The number of esters is 1. The van der Waals surface area contributed by atoms with E-state index in [1.54, 1.807) is 6.34 Å². The molecular weight excluding hydrogens is 434 g/mol. The van der Waals surface area contributed by atoms with Crippen molar-refractivity contribution in [2.45, 2.75) is 26.9 Å². The van der Waals surface area contributed by atoms with Crippen molar-refractivity contribution in [2.75, 3.05) is 26.3 Å². The smallest absolute Gasteiger partial charge is 0.350 e. The monoisotopic (exact) mass is 457 g/mol. The maximum Gasteiger partial charge on any atom is 0.350 e. The number of carbonyl (C=O) groups excluding carboxylic acids is 1. The fourth-order valence-corrected chi connectivity index (χ4v) is 4.60. The molecule has 0 atom stereocenters. The maximum absolute atomic E-state index is 12.8. The molecule has 31 heavy (non-hydrogen) atoms. The van der Waals surface area contributed by atoms with Crippen LogP contribution in [0.15, 0.2) is 35.3 Å². The van der Waals surface area contributed by atoms with Gasteiger partial charge in [-0.1, -0.05) is 23.7 Å². The Bertz CT molecular complexity index is 1120. The molecule has 0 unspecified atom stereocenters. The number of hydrogen-bond donors (Lipinski definition) is 0. The highest BCUT2D eigenvalue weighted by Gasteiger charge is 2.23. The lowest BCUT2D eigenvalue weighted by Crippen LogP contribution is -2.35. The van der Waals surface area contributed by atoms with E-state index in [1.165, 1.54) is 11.3 Å². The number of aryl methyl sites for hydroxylation is 1. The fourth-order valence-electron chi connectivity index (χ4n) is 3.39. The molecule has 0 N–H and O–H groups in total. The Hall–Kier alpha value is -2.48. The van der Waals surface area contributed by atoms with Gasteiger partial charge in [0.2, 0.25) is 0 Å². The number of aromatic nitrogens is 1. The minimum atomic E-state index is -0.375. The number of aliphatic imine (C=N–C) groups is 1. The lowest BCUT2D eigenvalue weighted by atomic mass is 10.1.